The number of ketones is 1. The minimum Gasteiger partial charge on any atom is -0.469 e. The summed E-state index contributed by atoms with van der Waals surface area (Å²) < 4.78 is 5.39. The molecule has 0 aromatic carbocycles. The Labute approximate surface area is 212 Å². The molecule has 4 nitrogen and oxygen atoms in total. The number of hydrogen-bond acceptors (Lipinski definition) is 4. The van der Waals surface area contributed by atoms with Crippen molar-refractivity contribution < 1.29 is 19.4 Å². The molecule has 1 unspecified atom stereocenters. The van der Waals surface area contributed by atoms with Gasteiger partial charge in [0, 0.05) is 11.8 Å². The van der Waals surface area contributed by atoms with Crippen LogP contribution in [0.1, 0.15) is 106 Å². The van der Waals surface area contributed by atoms with Crippen molar-refractivity contribution in [2.45, 2.75) is 112 Å². The van der Waals surface area contributed by atoms with Crippen molar-refractivity contribution in [2.24, 2.45) is 50.2 Å². The Bertz CT molecular complexity index is 976. The second kappa shape index (κ2) is 7.45. The molecular weight excluding hydrogens is 436 g/mol. The van der Waals surface area contributed by atoms with Gasteiger partial charge in [-0.1, -0.05) is 60.1 Å². The van der Waals surface area contributed by atoms with Gasteiger partial charge in [-0.2, -0.15) is 0 Å². The van der Waals surface area contributed by atoms with Crippen LogP contribution in [0.5, 0.6) is 0 Å². The fourth-order valence-electron chi connectivity index (χ4n) is 10.6. The SMILES string of the molecule is COC(=O)[C@@]12CC[C@]3(C)C(=CC[C@@H]4[C@@]5(C)CCC(O)C(C)(C)[C@@H]5CC[C@]43C)[C@@H]1CC(C)(C)C(=O)C2. The van der Waals surface area contributed by atoms with Crippen LogP contribution < -0.4 is 0 Å². The van der Waals surface area contributed by atoms with Crippen molar-refractivity contribution in [1.29, 1.82) is 0 Å². The summed E-state index contributed by atoms with van der Waals surface area (Å²) in [5.74, 6) is 1.20. The van der Waals surface area contributed by atoms with Crippen molar-refractivity contribution in [3.8, 4) is 0 Å². The lowest BCUT2D eigenvalue weighted by Crippen LogP contribution is -2.65. The lowest BCUT2D eigenvalue weighted by atomic mass is 9.33. The number of Topliss-reactive ketones (excluding diaryl/α,β-unsaturated/α-hetero) is 1. The minimum absolute atomic E-state index is 0.0166. The lowest BCUT2D eigenvalue weighted by molar-refractivity contribution is -0.205. The third kappa shape index (κ3) is 3.01. The first-order chi connectivity index (χ1) is 16.1. The fraction of sp³-hybridized carbons (Fsp3) is 0.871. The fourth-order valence-corrected chi connectivity index (χ4v) is 10.6. The molecule has 0 aliphatic heterocycles. The molecule has 0 heterocycles. The summed E-state index contributed by atoms with van der Waals surface area (Å²) in [7, 11) is 1.49. The van der Waals surface area contributed by atoms with Crippen LogP contribution in [-0.2, 0) is 14.3 Å². The summed E-state index contributed by atoms with van der Waals surface area (Å²) in [6, 6.07) is 0. The van der Waals surface area contributed by atoms with Crippen LogP contribution >= 0.6 is 0 Å². The molecule has 4 fully saturated rings. The summed E-state index contributed by atoms with van der Waals surface area (Å²) >= 11 is 0. The third-order valence-electron chi connectivity index (χ3n) is 13.1. The molecule has 5 aliphatic carbocycles. The molecule has 35 heavy (non-hydrogen) atoms. The molecule has 4 heteroatoms. The Hall–Kier alpha value is -1.16. The summed E-state index contributed by atoms with van der Waals surface area (Å²) in [4.78, 5) is 26.5. The highest BCUT2D eigenvalue weighted by Gasteiger charge is 2.70. The van der Waals surface area contributed by atoms with E-state index in [1.165, 1.54) is 19.1 Å². The first-order valence-corrected chi connectivity index (χ1v) is 14.1. The van der Waals surface area contributed by atoms with E-state index in [-0.39, 0.29) is 45.4 Å². The van der Waals surface area contributed by atoms with Crippen LogP contribution in [0.25, 0.3) is 0 Å². The number of carbonyl (C=O) groups is 2. The Kier molecular flexibility index (Phi) is 5.43. The van der Waals surface area contributed by atoms with Gasteiger partial charge in [0.05, 0.1) is 18.6 Å². The third-order valence-corrected chi connectivity index (χ3v) is 13.1. The molecule has 5 aliphatic rings. The maximum absolute atomic E-state index is 13.3. The van der Waals surface area contributed by atoms with Crippen molar-refractivity contribution in [2.75, 3.05) is 7.11 Å². The zero-order valence-electron chi connectivity index (χ0n) is 23.4. The van der Waals surface area contributed by atoms with Gasteiger partial charge in [0.25, 0.3) is 0 Å². The standard InChI is InChI=1S/C31H48O4/c1-26(2)17-20-19-9-10-22-28(5)13-12-23(32)27(3,4)21(28)11-14-30(22,7)29(19,6)15-16-31(20,18-24(26)33)25(34)35-8/h9,20-23,32H,10-18H2,1-8H3/t20-,21-,22+,23?,28-,29+,30+,31+/m0/s1. The Balaban J connectivity index is 1.61. The quantitative estimate of drug-likeness (QED) is 0.341. The topological polar surface area (TPSA) is 63.6 Å². The molecule has 0 aromatic heterocycles. The van der Waals surface area contributed by atoms with E-state index in [1.54, 1.807) is 0 Å². The van der Waals surface area contributed by atoms with Crippen LogP contribution in [0.2, 0.25) is 0 Å². The van der Waals surface area contributed by atoms with E-state index in [0.29, 0.717) is 18.3 Å². The molecule has 0 bridgehead atoms. The van der Waals surface area contributed by atoms with E-state index < -0.39 is 10.8 Å². The first kappa shape index (κ1) is 25.5. The van der Waals surface area contributed by atoms with Gasteiger partial charge in [0.2, 0.25) is 0 Å². The number of aliphatic hydroxyl groups is 1. The second-order valence-electron chi connectivity index (χ2n) is 15.1. The molecule has 0 aromatic rings. The maximum atomic E-state index is 13.3. The lowest BCUT2D eigenvalue weighted by Gasteiger charge is -2.71. The van der Waals surface area contributed by atoms with Crippen LogP contribution in [0.4, 0.5) is 0 Å². The molecular formula is C31H48O4. The summed E-state index contributed by atoms with van der Waals surface area (Å²) in [5.41, 5.74) is 0.655. The largest absolute Gasteiger partial charge is 0.469 e. The molecule has 8 atom stereocenters. The van der Waals surface area contributed by atoms with Gasteiger partial charge in [-0.15, -0.1) is 0 Å². The smallest absolute Gasteiger partial charge is 0.312 e. The van der Waals surface area contributed by atoms with Gasteiger partial charge in [-0.3, -0.25) is 9.59 Å². The van der Waals surface area contributed by atoms with Crippen molar-refractivity contribution in [1.82, 2.24) is 0 Å². The summed E-state index contributed by atoms with van der Waals surface area (Å²) in [6.07, 6.45) is 10.4. The van der Waals surface area contributed by atoms with Gasteiger partial charge in [0.1, 0.15) is 5.78 Å². The monoisotopic (exact) mass is 484 g/mol. The zero-order chi connectivity index (χ0) is 25.8. The van der Waals surface area contributed by atoms with Crippen molar-refractivity contribution in [3.63, 3.8) is 0 Å². The van der Waals surface area contributed by atoms with Gasteiger partial charge in [-0.25, -0.2) is 0 Å². The molecule has 5 rings (SSSR count). The van der Waals surface area contributed by atoms with Gasteiger partial charge < -0.3 is 9.84 Å². The highest BCUT2D eigenvalue weighted by molar-refractivity contribution is 5.92. The van der Waals surface area contributed by atoms with E-state index in [1.807, 2.05) is 0 Å². The van der Waals surface area contributed by atoms with Gasteiger partial charge >= 0.3 is 5.97 Å². The normalized spacial score (nSPS) is 50.1. The molecule has 0 amide bonds. The van der Waals surface area contributed by atoms with Gasteiger partial charge in [0.15, 0.2) is 0 Å². The molecule has 4 saturated carbocycles. The maximum Gasteiger partial charge on any atom is 0.312 e. The van der Waals surface area contributed by atoms with E-state index >= 15 is 0 Å². The van der Waals surface area contributed by atoms with E-state index in [9.17, 15) is 14.7 Å². The zero-order valence-corrected chi connectivity index (χ0v) is 23.4. The number of rotatable bonds is 1. The number of allylic oxidation sites excluding steroid dienone is 2. The Morgan fingerprint density at radius 2 is 1.66 bits per heavy atom. The highest BCUT2D eigenvalue weighted by atomic mass is 16.5. The number of methoxy groups -OCH3 is 1. The number of fused-ring (bicyclic) bond motifs is 7. The highest BCUT2D eigenvalue weighted by Crippen LogP contribution is 2.75. The number of ether oxygens (including phenoxy) is 1. The van der Waals surface area contributed by atoms with Crippen molar-refractivity contribution in [3.05, 3.63) is 11.6 Å². The van der Waals surface area contributed by atoms with Crippen LogP contribution in [-0.4, -0.2) is 30.1 Å². The Morgan fingerprint density at radius 3 is 2.31 bits per heavy atom. The van der Waals surface area contributed by atoms with Crippen molar-refractivity contribution >= 4 is 11.8 Å². The molecule has 196 valence electrons. The predicted octanol–water partition coefficient (Wildman–Crippen LogP) is 6.50. The van der Waals surface area contributed by atoms with Crippen LogP contribution in [0.3, 0.4) is 0 Å². The summed E-state index contributed by atoms with van der Waals surface area (Å²) in [6.45, 7) is 16.3. The van der Waals surface area contributed by atoms with E-state index in [4.69, 9.17) is 4.74 Å². The Morgan fingerprint density at radius 1 is 0.971 bits per heavy atom. The van der Waals surface area contributed by atoms with E-state index in [0.717, 1.165) is 44.9 Å². The average molecular weight is 485 g/mol. The average Bonchev–Trinajstić information content (AvgIpc) is 2.77. The van der Waals surface area contributed by atoms with Gasteiger partial charge in [-0.05, 0) is 90.8 Å². The predicted molar refractivity (Wildman–Crippen MR) is 137 cm³/mol. The summed E-state index contributed by atoms with van der Waals surface area (Å²) in [5, 5.41) is 10.9. The number of carbonyl (C=O) groups excluding carboxylic acids is 2. The molecule has 1 N–H and O–H groups in total. The molecule has 0 spiro atoms. The molecule has 0 radical (unpaired) electrons. The second-order valence-corrected chi connectivity index (χ2v) is 15.1. The number of hydrogen-bond donors (Lipinski definition) is 1. The number of esters is 1. The van der Waals surface area contributed by atoms with E-state index in [2.05, 4.69) is 54.5 Å². The first-order valence-electron chi connectivity index (χ1n) is 14.1. The van der Waals surface area contributed by atoms with Crippen LogP contribution in [0.15, 0.2) is 11.6 Å². The molecule has 0 saturated heterocycles. The van der Waals surface area contributed by atoms with Crippen LogP contribution in [0, 0.1) is 50.2 Å². The number of aliphatic hydroxyl groups excluding tert-OH is 1. The minimum atomic E-state index is -0.700.